The Kier molecular flexibility index (Phi) is 7.63. The van der Waals surface area contributed by atoms with Crippen molar-refractivity contribution >= 4 is 17.5 Å². The second kappa shape index (κ2) is 10.6. The highest BCUT2D eigenvalue weighted by atomic mass is 19.1. The van der Waals surface area contributed by atoms with Gasteiger partial charge in [0.1, 0.15) is 11.6 Å². The van der Waals surface area contributed by atoms with Gasteiger partial charge in [0.25, 0.3) is 0 Å². The number of nitrogens with zero attached hydrogens (tertiary/aromatic N) is 4. The topological polar surface area (TPSA) is 65.0 Å². The highest BCUT2D eigenvalue weighted by Crippen LogP contribution is 2.20. The number of methoxy groups -OCH3 is 1. The zero-order valence-corrected chi connectivity index (χ0v) is 17.1. The number of nitrogens with one attached hydrogen (secondary N) is 2. The van der Waals surface area contributed by atoms with Gasteiger partial charge in [-0.15, -0.1) is 0 Å². The molecular weight excluding hydrogens is 371 g/mol. The third-order valence-corrected chi connectivity index (χ3v) is 4.89. The first-order valence-electron chi connectivity index (χ1n) is 9.83. The van der Waals surface area contributed by atoms with Crippen LogP contribution in [-0.2, 0) is 11.3 Å². The lowest BCUT2D eigenvalue weighted by molar-refractivity contribution is 0.203. The maximum absolute atomic E-state index is 13.1. The summed E-state index contributed by atoms with van der Waals surface area (Å²) in [6.07, 6.45) is 1.85. The van der Waals surface area contributed by atoms with Crippen molar-refractivity contribution in [2.24, 2.45) is 4.99 Å². The van der Waals surface area contributed by atoms with Gasteiger partial charge in [-0.3, -0.25) is 4.99 Å². The standard InChI is InChI=1S/C21H29FN6O/c1-23-21(25-9-14-29-2)26-16-17-7-8-24-20(15-17)28-12-10-27(11-13-28)19-5-3-18(22)4-6-19/h3-8,15H,9-14,16H2,1-2H3,(H2,23,25,26). The summed E-state index contributed by atoms with van der Waals surface area (Å²) in [5, 5.41) is 6.51. The Hall–Kier alpha value is -2.87. The number of hydrogen-bond donors (Lipinski definition) is 2. The van der Waals surface area contributed by atoms with E-state index in [1.54, 1.807) is 14.2 Å². The highest BCUT2D eigenvalue weighted by molar-refractivity contribution is 5.79. The summed E-state index contributed by atoms with van der Waals surface area (Å²) >= 11 is 0. The van der Waals surface area contributed by atoms with Gasteiger partial charge < -0.3 is 25.2 Å². The van der Waals surface area contributed by atoms with Crippen molar-refractivity contribution in [1.82, 2.24) is 15.6 Å². The fourth-order valence-corrected chi connectivity index (χ4v) is 3.27. The molecule has 7 nitrogen and oxygen atoms in total. The van der Waals surface area contributed by atoms with Crippen LogP contribution in [0.15, 0.2) is 47.6 Å². The first-order valence-corrected chi connectivity index (χ1v) is 9.83. The van der Waals surface area contributed by atoms with Crippen LogP contribution in [0.2, 0.25) is 0 Å². The number of hydrogen-bond acceptors (Lipinski definition) is 5. The number of anilines is 2. The molecule has 0 bridgehead atoms. The van der Waals surface area contributed by atoms with Crippen LogP contribution < -0.4 is 20.4 Å². The van der Waals surface area contributed by atoms with Gasteiger partial charge in [-0.05, 0) is 42.0 Å². The van der Waals surface area contributed by atoms with E-state index < -0.39 is 0 Å². The fourth-order valence-electron chi connectivity index (χ4n) is 3.27. The van der Waals surface area contributed by atoms with Crippen molar-refractivity contribution in [3.8, 4) is 0 Å². The molecule has 156 valence electrons. The summed E-state index contributed by atoms with van der Waals surface area (Å²) < 4.78 is 18.2. The number of halogens is 1. The Bertz CT molecular complexity index is 790. The summed E-state index contributed by atoms with van der Waals surface area (Å²) in [5.74, 6) is 1.52. The number of benzene rings is 1. The monoisotopic (exact) mass is 400 g/mol. The molecule has 1 aliphatic rings. The number of rotatable bonds is 7. The molecule has 0 unspecified atom stereocenters. The molecule has 0 amide bonds. The lowest BCUT2D eigenvalue weighted by atomic mass is 10.2. The molecule has 3 rings (SSSR count). The van der Waals surface area contributed by atoms with Crippen LogP contribution in [0.3, 0.4) is 0 Å². The molecule has 1 aliphatic heterocycles. The molecule has 0 saturated carbocycles. The Balaban J connectivity index is 1.52. The minimum atomic E-state index is -0.202. The van der Waals surface area contributed by atoms with E-state index in [9.17, 15) is 4.39 Å². The molecule has 0 atom stereocenters. The molecule has 0 radical (unpaired) electrons. The summed E-state index contributed by atoms with van der Waals surface area (Å²) in [6, 6.07) is 10.8. The normalized spacial score (nSPS) is 14.8. The molecule has 1 fully saturated rings. The van der Waals surface area contributed by atoms with E-state index in [0.717, 1.165) is 49.2 Å². The number of pyridine rings is 1. The number of guanidine groups is 1. The van der Waals surface area contributed by atoms with Gasteiger partial charge in [0, 0.05) is 65.3 Å². The molecule has 2 aromatic rings. The third-order valence-electron chi connectivity index (χ3n) is 4.89. The van der Waals surface area contributed by atoms with E-state index in [0.29, 0.717) is 19.7 Å². The van der Waals surface area contributed by atoms with Gasteiger partial charge in [0.2, 0.25) is 0 Å². The lowest BCUT2D eigenvalue weighted by Crippen LogP contribution is -2.46. The van der Waals surface area contributed by atoms with Crippen LogP contribution in [0.1, 0.15) is 5.56 Å². The molecule has 2 N–H and O–H groups in total. The van der Waals surface area contributed by atoms with Gasteiger partial charge in [-0.2, -0.15) is 0 Å². The molecule has 0 aliphatic carbocycles. The van der Waals surface area contributed by atoms with Gasteiger partial charge in [0.05, 0.1) is 6.61 Å². The SMILES string of the molecule is CN=C(NCCOC)NCc1ccnc(N2CCN(c3ccc(F)cc3)CC2)c1. The van der Waals surface area contributed by atoms with Gasteiger partial charge in [-0.1, -0.05) is 0 Å². The Morgan fingerprint density at radius 2 is 1.83 bits per heavy atom. The first-order chi connectivity index (χ1) is 14.2. The average Bonchev–Trinajstić information content (AvgIpc) is 2.77. The van der Waals surface area contributed by atoms with Crippen LogP contribution in [0, 0.1) is 5.82 Å². The maximum Gasteiger partial charge on any atom is 0.191 e. The molecule has 1 aromatic carbocycles. The lowest BCUT2D eigenvalue weighted by Gasteiger charge is -2.36. The van der Waals surface area contributed by atoms with Crippen LogP contribution in [-0.4, -0.2) is 64.4 Å². The van der Waals surface area contributed by atoms with Crippen molar-refractivity contribution < 1.29 is 9.13 Å². The summed E-state index contributed by atoms with van der Waals surface area (Å²) in [5.41, 5.74) is 2.20. The summed E-state index contributed by atoms with van der Waals surface area (Å²) in [7, 11) is 3.43. The number of aromatic nitrogens is 1. The number of aliphatic imine (C=N–C) groups is 1. The molecular formula is C21H29FN6O. The number of ether oxygens (including phenoxy) is 1. The van der Waals surface area contributed by atoms with E-state index in [1.165, 1.54) is 12.1 Å². The molecule has 8 heteroatoms. The van der Waals surface area contributed by atoms with Crippen molar-refractivity contribution in [1.29, 1.82) is 0 Å². The van der Waals surface area contributed by atoms with E-state index in [1.807, 2.05) is 24.4 Å². The number of piperazine rings is 1. The molecule has 2 heterocycles. The van der Waals surface area contributed by atoms with E-state index in [2.05, 4.69) is 36.5 Å². The molecule has 1 saturated heterocycles. The quantitative estimate of drug-likeness (QED) is 0.420. The van der Waals surface area contributed by atoms with Crippen LogP contribution >= 0.6 is 0 Å². The Morgan fingerprint density at radius 1 is 1.10 bits per heavy atom. The second-order valence-corrected chi connectivity index (χ2v) is 6.82. The predicted octanol–water partition coefficient (Wildman–Crippen LogP) is 1.86. The minimum absolute atomic E-state index is 0.202. The predicted molar refractivity (Wildman–Crippen MR) is 115 cm³/mol. The molecule has 0 spiro atoms. The third kappa shape index (κ3) is 6.05. The second-order valence-electron chi connectivity index (χ2n) is 6.82. The molecule has 29 heavy (non-hydrogen) atoms. The fraction of sp³-hybridized carbons (Fsp3) is 0.429. The minimum Gasteiger partial charge on any atom is -0.383 e. The Morgan fingerprint density at radius 3 is 2.52 bits per heavy atom. The molecule has 1 aromatic heterocycles. The van der Waals surface area contributed by atoms with Gasteiger partial charge in [0.15, 0.2) is 5.96 Å². The van der Waals surface area contributed by atoms with Gasteiger partial charge in [-0.25, -0.2) is 9.37 Å². The van der Waals surface area contributed by atoms with Crippen molar-refractivity contribution in [3.05, 3.63) is 54.0 Å². The Labute approximate surface area is 171 Å². The van der Waals surface area contributed by atoms with Crippen LogP contribution in [0.25, 0.3) is 0 Å². The van der Waals surface area contributed by atoms with Crippen LogP contribution in [0.5, 0.6) is 0 Å². The maximum atomic E-state index is 13.1. The van der Waals surface area contributed by atoms with E-state index in [4.69, 9.17) is 4.74 Å². The highest BCUT2D eigenvalue weighted by Gasteiger charge is 2.18. The van der Waals surface area contributed by atoms with Crippen molar-refractivity contribution in [2.45, 2.75) is 6.54 Å². The van der Waals surface area contributed by atoms with Crippen molar-refractivity contribution in [2.75, 3.05) is 63.3 Å². The van der Waals surface area contributed by atoms with E-state index >= 15 is 0 Å². The smallest absolute Gasteiger partial charge is 0.191 e. The van der Waals surface area contributed by atoms with Gasteiger partial charge >= 0.3 is 0 Å². The largest absolute Gasteiger partial charge is 0.383 e. The van der Waals surface area contributed by atoms with Crippen LogP contribution in [0.4, 0.5) is 15.9 Å². The summed E-state index contributed by atoms with van der Waals surface area (Å²) in [4.78, 5) is 13.3. The van der Waals surface area contributed by atoms with E-state index in [-0.39, 0.29) is 5.82 Å². The van der Waals surface area contributed by atoms with Crippen molar-refractivity contribution in [3.63, 3.8) is 0 Å². The zero-order valence-electron chi connectivity index (χ0n) is 17.1. The average molecular weight is 401 g/mol. The zero-order chi connectivity index (χ0) is 20.5. The first kappa shape index (κ1) is 20.9. The summed E-state index contributed by atoms with van der Waals surface area (Å²) in [6.45, 7) is 5.51.